The predicted octanol–water partition coefficient (Wildman–Crippen LogP) is 2.64. The molecule has 0 amide bonds. The van der Waals surface area contributed by atoms with Gasteiger partial charge in [-0.15, -0.1) is 0 Å². The Morgan fingerprint density at radius 2 is 1.94 bits per heavy atom. The lowest BCUT2D eigenvalue weighted by Gasteiger charge is -2.24. The molecule has 1 aromatic carbocycles. The van der Waals surface area contributed by atoms with Crippen molar-refractivity contribution in [2.75, 3.05) is 27.3 Å². The van der Waals surface area contributed by atoms with E-state index < -0.39 is 6.67 Å². The highest BCUT2D eigenvalue weighted by molar-refractivity contribution is 5.50. The fourth-order valence-corrected chi connectivity index (χ4v) is 2.56. The molecule has 3 nitrogen and oxygen atoms in total. The third-order valence-electron chi connectivity index (χ3n) is 3.53. The minimum Gasteiger partial charge on any atom is -0.493 e. The van der Waals surface area contributed by atoms with Crippen molar-refractivity contribution in [2.24, 2.45) is 0 Å². The lowest BCUT2D eigenvalue weighted by Crippen LogP contribution is -2.26. The Labute approximate surface area is 107 Å². The van der Waals surface area contributed by atoms with Crippen LogP contribution in [0.4, 0.5) is 4.39 Å². The van der Waals surface area contributed by atoms with Crippen molar-refractivity contribution in [3.05, 3.63) is 23.3 Å². The van der Waals surface area contributed by atoms with Crippen LogP contribution >= 0.6 is 0 Å². The number of benzene rings is 1. The van der Waals surface area contributed by atoms with Gasteiger partial charge < -0.3 is 14.8 Å². The van der Waals surface area contributed by atoms with Gasteiger partial charge in [-0.3, -0.25) is 0 Å². The summed E-state index contributed by atoms with van der Waals surface area (Å²) in [5, 5.41) is 3.33. The Bertz CT molecular complexity index is 378. The zero-order valence-corrected chi connectivity index (χ0v) is 11.0. The number of ether oxygens (including phenoxy) is 2. The molecule has 0 radical (unpaired) electrons. The molecule has 1 saturated heterocycles. The van der Waals surface area contributed by atoms with E-state index in [1.807, 2.05) is 12.1 Å². The molecule has 100 valence electrons. The zero-order chi connectivity index (χ0) is 13.0. The Morgan fingerprint density at radius 3 is 2.50 bits per heavy atom. The quantitative estimate of drug-likeness (QED) is 0.894. The van der Waals surface area contributed by atoms with Crippen LogP contribution in [-0.2, 0) is 6.67 Å². The lowest BCUT2D eigenvalue weighted by molar-refractivity contribution is 0.343. The van der Waals surface area contributed by atoms with Gasteiger partial charge in [-0.1, -0.05) is 0 Å². The van der Waals surface area contributed by atoms with Gasteiger partial charge in [0.05, 0.1) is 14.2 Å². The molecule has 1 aromatic rings. The predicted molar refractivity (Wildman–Crippen MR) is 69.2 cm³/mol. The topological polar surface area (TPSA) is 30.5 Å². The standard InChI is InChI=1S/C14H20FNO2/c1-17-13-8-11(10-3-5-16-6-4-10)7-12(9-15)14(13)18-2/h7-8,10,16H,3-6,9H2,1-2H3. The Balaban J connectivity index is 2.35. The average Bonchev–Trinajstić information content (AvgIpc) is 2.46. The second-order valence-corrected chi connectivity index (χ2v) is 4.57. The summed E-state index contributed by atoms with van der Waals surface area (Å²) < 4.78 is 23.6. The summed E-state index contributed by atoms with van der Waals surface area (Å²) in [4.78, 5) is 0. The number of nitrogens with one attached hydrogen (secondary N) is 1. The smallest absolute Gasteiger partial charge is 0.166 e. The van der Waals surface area contributed by atoms with E-state index in [2.05, 4.69) is 5.32 Å². The zero-order valence-electron chi connectivity index (χ0n) is 11.0. The van der Waals surface area contributed by atoms with Crippen LogP contribution in [0.15, 0.2) is 12.1 Å². The number of hydrogen-bond donors (Lipinski definition) is 1. The third kappa shape index (κ3) is 2.58. The van der Waals surface area contributed by atoms with Crippen LogP contribution in [0, 0.1) is 0 Å². The minimum absolute atomic E-state index is 0.483. The normalized spacial score (nSPS) is 16.6. The molecule has 0 bridgehead atoms. The van der Waals surface area contributed by atoms with Crippen molar-refractivity contribution in [3.63, 3.8) is 0 Å². The van der Waals surface area contributed by atoms with Crippen LogP contribution in [0.3, 0.4) is 0 Å². The Kier molecular flexibility index (Phi) is 4.42. The molecule has 1 aliphatic rings. The van der Waals surface area contributed by atoms with E-state index in [0.29, 0.717) is 23.0 Å². The number of methoxy groups -OCH3 is 2. The van der Waals surface area contributed by atoms with Crippen LogP contribution in [-0.4, -0.2) is 27.3 Å². The first kappa shape index (κ1) is 13.1. The number of rotatable bonds is 4. The Hall–Kier alpha value is -1.29. The number of piperidine rings is 1. The van der Waals surface area contributed by atoms with Crippen molar-refractivity contribution >= 4 is 0 Å². The summed E-state index contributed by atoms with van der Waals surface area (Å²) in [6.07, 6.45) is 2.17. The summed E-state index contributed by atoms with van der Waals surface area (Å²) in [6, 6.07) is 3.89. The highest BCUT2D eigenvalue weighted by Crippen LogP contribution is 2.37. The Morgan fingerprint density at radius 1 is 1.22 bits per heavy atom. The van der Waals surface area contributed by atoms with Gasteiger partial charge in [0, 0.05) is 5.56 Å². The largest absolute Gasteiger partial charge is 0.493 e. The first-order valence-electron chi connectivity index (χ1n) is 6.31. The van der Waals surface area contributed by atoms with Crippen molar-refractivity contribution in [1.29, 1.82) is 0 Å². The molecule has 0 unspecified atom stereocenters. The summed E-state index contributed by atoms with van der Waals surface area (Å²) in [5.41, 5.74) is 1.73. The van der Waals surface area contributed by atoms with Gasteiger partial charge in [-0.25, -0.2) is 4.39 Å². The first-order chi connectivity index (χ1) is 8.80. The minimum atomic E-state index is -0.529. The van der Waals surface area contributed by atoms with Crippen molar-refractivity contribution in [3.8, 4) is 11.5 Å². The summed E-state index contributed by atoms with van der Waals surface area (Å²) in [5.74, 6) is 1.62. The third-order valence-corrected chi connectivity index (χ3v) is 3.53. The lowest BCUT2D eigenvalue weighted by atomic mass is 9.89. The molecule has 0 spiro atoms. The molecule has 1 aliphatic heterocycles. The summed E-state index contributed by atoms with van der Waals surface area (Å²) in [6.45, 7) is 1.51. The van der Waals surface area contributed by atoms with Gasteiger partial charge in [0.2, 0.25) is 0 Å². The highest BCUT2D eigenvalue weighted by atomic mass is 19.1. The molecule has 4 heteroatoms. The van der Waals surface area contributed by atoms with E-state index in [4.69, 9.17) is 9.47 Å². The number of halogens is 1. The number of hydrogen-bond acceptors (Lipinski definition) is 3. The van der Waals surface area contributed by atoms with E-state index in [9.17, 15) is 4.39 Å². The van der Waals surface area contributed by atoms with Crippen molar-refractivity contribution in [2.45, 2.75) is 25.4 Å². The van der Waals surface area contributed by atoms with E-state index in [-0.39, 0.29) is 0 Å². The van der Waals surface area contributed by atoms with Gasteiger partial charge >= 0.3 is 0 Å². The highest BCUT2D eigenvalue weighted by Gasteiger charge is 2.19. The molecule has 0 atom stereocenters. The molecule has 1 N–H and O–H groups in total. The maximum Gasteiger partial charge on any atom is 0.166 e. The second kappa shape index (κ2) is 6.05. The van der Waals surface area contributed by atoms with Crippen LogP contribution in [0.1, 0.15) is 29.9 Å². The molecule has 1 fully saturated rings. The van der Waals surface area contributed by atoms with Gasteiger partial charge in [0.25, 0.3) is 0 Å². The molecule has 2 rings (SSSR count). The van der Waals surface area contributed by atoms with Gasteiger partial charge in [-0.05, 0) is 49.5 Å². The summed E-state index contributed by atoms with van der Waals surface area (Å²) in [7, 11) is 3.13. The number of alkyl halides is 1. The maximum absolute atomic E-state index is 13.1. The molecule has 0 aromatic heterocycles. The SMILES string of the molecule is COc1cc(C2CCNCC2)cc(CF)c1OC. The fraction of sp³-hybridized carbons (Fsp3) is 0.571. The summed E-state index contributed by atoms with van der Waals surface area (Å²) >= 11 is 0. The van der Waals surface area contributed by atoms with E-state index in [0.717, 1.165) is 31.5 Å². The molecular formula is C14H20FNO2. The van der Waals surface area contributed by atoms with Crippen LogP contribution in [0.25, 0.3) is 0 Å². The molecule has 0 saturated carbocycles. The van der Waals surface area contributed by atoms with Crippen molar-refractivity contribution < 1.29 is 13.9 Å². The molecule has 18 heavy (non-hydrogen) atoms. The molecular weight excluding hydrogens is 233 g/mol. The maximum atomic E-state index is 13.1. The molecule has 1 heterocycles. The van der Waals surface area contributed by atoms with E-state index in [1.54, 1.807) is 14.2 Å². The van der Waals surface area contributed by atoms with E-state index in [1.165, 1.54) is 0 Å². The van der Waals surface area contributed by atoms with Gasteiger partial charge in [-0.2, -0.15) is 0 Å². The van der Waals surface area contributed by atoms with Gasteiger partial charge in [0.15, 0.2) is 11.5 Å². The van der Waals surface area contributed by atoms with Gasteiger partial charge in [0.1, 0.15) is 6.67 Å². The van der Waals surface area contributed by atoms with Crippen molar-refractivity contribution in [1.82, 2.24) is 5.32 Å². The second-order valence-electron chi connectivity index (χ2n) is 4.57. The van der Waals surface area contributed by atoms with Crippen LogP contribution in [0.5, 0.6) is 11.5 Å². The molecule has 0 aliphatic carbocycles. The van der Waals surface area contributed by atoms with E-state index >= 15 is 0 Å². The van der Waals surface area contributed by atoms with Crippen LogP contribution < -0.4 is 14.8 Å². The monoisotopic (exact) mass is 253 g/mol. The average molecular weight is 253 g/mol. The fourth-order valence-electron chi connectivity index (χ4n) is 2.56. The first-order valence-corrected chi connectivity index (χ1v) is 6.31. The van der Waals surface area contributed by atoms with Crippen LogP contribution in [0.2, 0.25) is 0 Å².